The van der Waals surface area contributed by atoms with Crippen molar-refractivity contribution in [3.05, 3.63) is 11.1 Å². The number of amidine groups is 2. The van der Waals surface area contributed by atoms with Gasteiger partial charge in [-0.1, -0.05) is 49.2 Å². The molecule has 5 aliphatic rings. The fourth-order valence-electron chi connectivity index (χ4n) is 4.60. The lowest BCUT2D eigenvalue weighted by molar-refractivity contribution is 0.285. The van der Waals surface area contributed by atoms with Gasteiger partial charge in [-0.15, -0.1) is 0 Å². The highest BCUT2D eigenvalue weighted by Gasteiger charge is 2.41. The smallest absolute Gasteiger partial charge is 0.168 e. The Morgan fingerprint density at radius 1 is 1.09 bits per heavy atom. The van der Waals surface area contributed by atoms with E-state index in [0.29, 0.717) is 24.2 Å². The van der Waals surface area contributed by atoms with Crippen LogP contribution in [0.3, 0.4) is 0 Å². The van der Waals surface area contributed by atoms with Gasteiger partial charge < -0.3 is 10.2 Å². The van der Waals surface area contributed by atoms with Crippen LogP contribution in [-0.4, -0.2) is 45.2 Å². The van der Waals surface area contributed by atoms with Crippen molar-refractivity contribution in [1.82, 2.24) is 10.2 Å². The van der Waals surface area contributed by atoms with Crippen molar-refractivity contribution in [1.29, 1.82) is 0 Å². The standard InChI is InChI=1S/C17H24N4S2/c1-2-6-13-12(5-1)18-16(19-13)22-9-11-10-23-17-20-14-7-3-4-8-15(14)21(11)17/h10,12-15H,1-9H2,(H,18,19)/t12-,13-,14-,15+/m0/s1. The van der Waals surface area contributed by atoms with E-state index in [1.165, 1.54) is 67.4 Å². The molecule has 23 heavy (non-hydrogen) atoms. The van der Waals surface area contributed by atoms with Crippen molar-refractivity contribution in [3.63, 3.8) is 0 Å². The quantitative estimate of drug-likeness (QED) is 0.828. The number of rotatable bonds is 2. The van der Waals surface area contributed by atoms with Crippen LogP contribution in [0.2, 0.25) is 0 Å². The van der Waals surface area contributed by atoms with Gasteiger partial charge in [-0.2, -0.15) is 0 Å². The van der Waals surface area contributed by atoms with Gasteiger partial charge in [0.2, 0.25) is 0 Å². The average Bonchev–Trinajstić information content (AvgIpc) is 3.25. The Hall–Kier alpha value is -0.620. The van der Waals surface area contributed by atoms with Gasteiger partial charge in [-0.25, -0.2) is 0 Å². The van der Waals surface area contributed by atoms with Crippen molar-refractivity contribution in [2.45, 2.75) is 75.5 Å². The van der Waals surface area contributed by atoms with Crippen molar-refractivity contribution < 1.29 is 0 Å². The SMILES string of the molecule is C1=C(CSC2=N[C@H]3CCCC[C@@H]3N2)N2C(=N[C@H]3CCCC[C@H]32)S1. The highest BCUT2D eigenvalue weighted by molar-refractivity contribution is 8.17. The summed E-state index contributed by atoms with van der Waals surface area (Å²) in [4.78, 5) is 12.4. The molecule has 4 nitrogen and oxygen atoms in total. The Kier molecular flexibility index (Phi) is 3.85. The third kappa shape index (κ3) is 2.62. The molecule has 0 radical (unpaired) electrons. The third-order valence-corrected chi connectivity index (χ3v) is 7.64. The Bertz CT molecular complexity index is 585. The van der Waals surface area contributed by atoms with Crippen LogP contribution in [0.15, 0.2) is 21.1 Å². The summed E-state index contributed by atoms with van der Waals surface area (Å²) in [5, 5.41) is 8.42. The van der Waals surface area contributed by atoms with Crippen LogP contribution in [-0.2, 0) is 0 Å². The van der Waals surface area contributed by atoms with Crippen LogP contribution < -0.4 is 5.32 Å². The summed E-state index contributed by atoms with van der Waals surface area (Å²) < 4.78 is 0. The maximum Gasteiger partial charge on any atom is 0.168 e. The van der Waals surface area contributed by atoms with E-state index < -0.39 is 0 Å². The molecule has 0 amide bonds. The van der Waals surface area contributed by atoms with E-state index >= 15 is 0 Å². The number of hydrogen-bond acceptors (Lipinski definition) is 6. The summed E-state index contributed by atoms with van der Waals surface area (Å²) in [7, 11) is 0. The zero-order valence-corrected chi connectivity index (χ0v) is 15.0. The first-order valence-electron chi connectivity index (χ1n) is 9.08. The minimum Gasteiger partial charge on any atom is -0.360 e. The highest BCUT2D eigenvalue weighted by Crippen LogP contribution is 2.41. The molecular formula is C17H24N4S2. The summed E-state index contributed by atoms with van der Waals surface area (Å²) in [6, 6.07) is 2.36. The molecule has 3 aliphatic heterocycles. The second-order valence-electron chi connectivity index (χ2n) is 7.25. The van der Waals surface area contributed by atoms with Gasteiger partial charge in [0, 0.05) is 11.4 Å². The number of aliphatic imine (C=N–C) groups is 2. The lowest BCUT2D eigenvalue weighted by Crippen LogP contribution is -2.39. The molecule has 6 heteroatoms. The van der Waals surface area contributed by atoms with Crippen LogP contribution in [0.25, 0.3) is 0 Å². The molecule has 4 atom stereocenters. The third-order valence-electron chi connectivity index (χ3n) is 5.80. The van der Waals surface area contributed by atoms with Crippen molar-refractivity contribution in [3.8, 4) is 0 Å². The van der Waals surface area contributed by atoms with E-state index in [4.69, 9.17) is 9.98 Å². The fourth-order valence-corrected chi connectivity index (χ4v) is 6.65. The van der Waals surface area contributed by atoms with Crippen LogP contribution in [0, 0.1) is 0 Å². The highest BCUT2D eigenvalue weighted by atomic mass is 32.2. The molecule has 5 rings (SSSR count). The van der Waals surface area contributed by atoms with E-state index in [9.17, 15) is 0 Å². The zero-order valence-electron chi connectivity index (χ0n) is 13.4. The number of nitrogens with one attached hydrogen (secondary N) is 1. The molecule has 1 N–H and O–H groups in total. The minimum atomic E-state index is 0.546. The molecule has 0 aromatic heterocycles. The summed E-state index contributed by atoms with van der Waals surface area (Å²) >= 11 is 3.73. The Labute approximate surface area is 146 Å². The predicted octanol–water partition coefficient (Wildman–Crippen LogP) is 3.56. The predicted molar refractivity (Wildman–Crippen MR) is 100 cm³/mol. The molecule has 124 valence electrons. The number of nitrogens with zero attached hydrogens (tertiary/aromatic N) is 3. The molecule has 3 heterocycles. The fraction of sp³-hybridized carbons (Fsp3) is 0.765. The largest absolute Gasteiger partial charge is 0.360 e. The summed E-state index contributed by atoms with van der Waals surface area (Å²) in [6.07, 6.45) is 10.6. The van der Waals surface area contributed by atoms with Crippen LogP contribution in [0.4, 0.5) is 0 Å². The Balaban J connectivity index is 1.23. The maximum atomic E-state index is 4.96. The number of hydrogen-bond donors (Lipinski definition) is 1. The van der Waals surface area contributed by atoms with Crippen molar-refractivity contribution in [2.24, 2.45) is 9.98 Å². The summed E-state index contributed by atoms with van der Waals surface area (Å²) in [6.45, 7) is 0. The first-order valence-corrected chi connectivity index (χ1v) is 10.9. The summed E-state index contributed by atoms with van der Waals surface area (Å²) in [5.74, 6) is 1.03. The lowest BCUT2D eigenvalue weighted by atomic mass is 9.91. The van der Waals surface area contributed by atoms with Gasteiger partial charge in [0.1, 0.15) is 0 Å². The second-order valence-corrected chi connectivity index (χ2v) is 9.05. The molecule has 2 saturated carbocycles. The second kappa shape index (κ2) is 6.03. The van der Waals surface area contributed by atoms with Gasteiger partial charge in [0.05, 0.1) is 24.2 Å². The van der Waals surface area contributed by atoms with E-state index in [0.717, 1.165) is 5.75 Å². The Morgan fingerprint density at radius 2 is 1.91 bits per heavy atom. The topological polar surface area (TPSA) is 40.0 Å². The average molecular weight is 349 g/mol. The first kappa shape index (κ1) is 14.7. The van der Waals surface area contributed by atoms with Crippen LogP contribution in [0.1, 0.15) is 51.4 Å². The molecule has 2 fully saturated rings. The normalized spacial score (nSPS) is 38.3. The number of thioether (sulfide) groups is 2. The van der Waals surface area contributed by atoms with E-state index in [1.807, 2.05) is 23.5 Å². The number of fused-ring (bicyclic) bond motifs is 4. The molecule has 0 aromatic carbocycles. The van der Waals surface area contributed by atoms with Crippen LogP contribution in [0.5, 0.6) is 0 Å². The van der Waals surface area contributed by atoms with E-state index in [-0.39, 0.29) is 0 Å². The van der Waals surface area contributed by atoms with Gasteiger partial charge in [0.15, 0.2) is 10.3 Å². The molecule has 0 unspecified atom stereocenters. The zero-order chi connectivity index (χ0) is 15.2. The molecule has 2 aliphatic carbocycles. The molecule has 0 bridgehead atoms. The Morgan fingerprint density at radius 3 is 2.83 bits per heavy atom. The van der Waals surface area contributed by atoms with E-state index in [1.54, 1.807) is 0 Å². The molecular weight excluding hydrogens is 324 g/mol. The van der Waals surface area contributed by atoms with Gasteiger partial charge >= 0.3 is 0 Å². The molecule has 0 aromatic rings. The minimum absolute atomic E-state index is 0.546. The van der Waals surface area contributed by atoms with Gasteiger partial charge in [-0.3, -0.25) is 9.98 Å². The van der Waals surface area contributed by atoms with Gasteiger partial charge in [-0.05, 0) is 31.1 Å². The van der Waals surface area contributed by atoms with E-state index in [2.05, 4.69) is 15.6 Å². The van der Waals surface area contributed by atoms with Crippen molar-refractivity contribution >= 4 is 33.9 Å². The summed E-state index contributed by atoms with van der Waals surface area (Å²) in [5.41, 5.74) is 1.45. The monoisotopic (exact) mass is 348 g/mol. The van der Waals surface area contributed by atoms with Gasteiger partial charge in [0.25, 0.3) is 0 Å². The lowest BCUT2D eigenvalue weighted by Gasteiger charge is -2.31. The first-order chi connectivity index (χ1) is 11.4. The molecule has 0 saturated heterocycles. The van der Waals surface area contributed by atoms with Crippen molar-refractivity contribution in [2.75, 3.05) is 5.75 Å². The maximum absolute atomic E-state index is 4.96. The molecule has 0 spiro atoms. The van der Waals surface area contributed by atoms with Crippen LogP contribution >= 0.6 is 23.5 Å².